The number of esters is 1. The molecular formula is C24H33N3O9. The number of hydrogen-bond acceptors (Lipinski definition) is 10. The molecule has 2 fully saturated rings. The zero-order chi connectivity index (χ0) is 26.8. The van der Waals surface area contributed by atoms with Crippen LogP contribution in [0.25, 0.3) is 10.4 Å². The highest BCUT2D eigenvalue weighted by atomic mass is 16.7. The average molecular weight is 508 g/mol. The second kappa shape index (κ2) is 14.1. The summed E-state index contributed by atoms with van der Waals surface area (Å²) in [5, 5.41) is 14.4. The number of aliphatic hydroxyl groups is 1. The Morgan fingerprint density at radius 1 is 1.11 bits per heavy atom. The standard InChI is InChI=1S/C23H33N3O7.CO2/c1-6-16-19(12(2)17(25-26-24)22(29-5)31-16)33-23-20(13(3)18(27)14(4)30-23)32-21(28)15-10-8-7-9-11-15;2-1-3/h7-14,16-20,22-23,27H,6H2,1-5H3;/t12-,13+,14?,16?,17?,18+,19+,20?,22+,23-;/m1./s1. The van der Waals surface area contributed by atoms with Gasteiger partial charge in [0.1, 0.15) is 0 Å². The minimum atomic E-state index is -0.943. The lowest BCUT2D eigenvalue weighted by Crippen LogP contribution is -2.59. The van der Waals surface area contributed by atoms with Crippen LogP contribution in [0.2, 0.25) is 0 Å². The van der Waals surface area contributed by atoms with E-state index >= 15 is 0 Å². The van der Waals surface area contributed by atoms with E-state index in [-0.39, 0.29) is 18.2 Å². The summed E-state index contributed by atoms with van der Waals surface area (Å²) in [4.78, 5) is 32.0. The molecular weight excluding hydrogens is 474 g/mol. The summed E-state index contributed by atoms with van der Waals surface area (Å²) in [6.45, 7) is 7.40. The summed E-state index contributed by atoms with van der Waals surface area (Å²) in [5.41, 5.74) is 9.42. The van der Waals surface area contributed by atoms with Crippen LogP contribution in [0.5, 0.6) is 0 Å². The smallest absolute Gasteiger partial charge is 0.373 e. The first kappa shape index (κ1) is 29.4. The minimum Gasteiger partial charge on any atom is -0.453 e. The third-order valence-corrected chi connectivity index (χ3v) is 6.53. The Hall–Kier alpha value is -2.82. The molecule has 3 rings (SSSR count). The van der Waals surface area contributed by atoms with E-state index in [1.165, 1.54) is 7.11 Å². The summed E-state index contributed by atoms with van der Waals surface area (Å²) in [5.74, 6) is -1.24. The van der Waals surface area contributed by atoms with Crippen LogP contribution >= 0.6 is 0 Å². The van der Waals surface area contributed by atoms with Gasteiger partial charge in [-0.15, -0.1) is 0 Å². The van der Waals surface area contributed by atoms with Gasteiger partial charge in [0.15, 0.2) is 18.7 Å². The van der Waals surface area contributed by atoms with Gasteiger partial charge in [0.25, 0.3) is 0 Å². The first-order valence-electron chi connectivity index (χ1n) is 11.7. The zero-order valence-corrected chi connectivity index (χ0v) is 20.9. The van der Waals surface area contributed by atoms with E-state index in [4.69, 9.17) is 38.8 Å². The summed E-state index contributed by atoms with van der Waals surface area (Å²) in [6, 6.07) is 8.01. The van der Waals surface area contributed by atoms with Crippen LogP contribution in [0.4, 0.5) is 0 Å². The van der Waals surface area contributed by atoms with Gasteiger partial charge >= 0.3 is 12.1 Å². The molecule has 2 aliphatic rings. The highest BCUT2D eigenvalue weighted by Gasteiger charge is 2.49. The molecule has 4 unspecified atom stereocenters. The molecule has 12 heteroatoms. The predicted molar refractivity (Wildman–Crippen MR) is 123 cm³/mol. The molecule has 0 amide bonds. The largest absolute Gasteiger partial charge is 0.453 e. The predicted octanol–water partition coefficient (Wildman–Crippen LogP) is 2.85. The molecule has 10 atom stereocenters. The van der Waals surface area contributed by atoms with E-state index in [9.17, 15) is 9.90 Å². The van der Waals surface area contributed by atoms with Crippen LogP contribution in [-0.2, 0) is 33.3 Å². The van der Waals surface area contributed by atoms with Gasteiger partial charge in [0.2, 0.25) is 0 Å². The maximum atomic E-state index is 12.8. The van der Waals surface area contributed by atoms with Gasteiger partial charge in [-0.3, -0.25) is 0 Å². The van der Waals surface area contributed by atoms with Gasteiger partial charge in [0.05, 0.1) is 36.0 Å². The number of hydrogen-bond donors (Lipinski definition) is 1. The Labute approximate surface area is 209 Å². The molecule has 0 radical (unpaired) electrons. The molecule has 12 nitrogen and oxygen atoms in total. The van der Waals surface area contributed by atoms with Crippen molar-refractivity contribution in [3.63, 3.8) is 0 Å². The number of benzene rings is 1. The molecule has 0 aromatic heterocycles. The maximum Gasteiger partial charge on any atom is 0.373 e. The van der Waals surface area contributed by atoms with Gasteiger partial charge < -0.3 is 28.8 Å². The second-order valence-electron chi connectivity index (χ2n) is 8.72. The van der Waals surface area contributed by atoms with Crippen molar-refractivity contribution in [1.29, 1.82) is 0 Å². The first-order valence-corrected chi connectivity index (χ1v) is 11.7. The number of rotatable bonds is 7. The third kappa shape index (κ3) is 6.89. The van der Waals surface area contributed by atoms with Gasteiger partial charge in [0, 0.05) is 17.9 Å². The number of nitrogens with zero attached hydrogens (tertiary/aromatic N) is 3. The van der Waals surface area contributed by atoms with E-state index in [1.54, 1.807) is 38.1 Å². The topological polar surface area (TPSA) is 166 Å². The Balaban J connectivity index is 0.00000145. The number of methoxy groups -OCH3 is 1. The Bertz CT molecular complexity index is 921. The molecule has 2 saturated heterocycles. The summed E-state index contributed by atoms with van der Waals surface area (Å²) >= 11 is 0. The van der Waals surface area contributed by atoms with E-state index in [0.29, 0.717) is 12.0 Å². The highest BCUT2D eigenvalue weighted by molar-refractivity contribution is 5.89. The van der Waals surface area contributed by atoms with Crippen molar-refractivity contribution in [2.75, 3.05) is 7.11 Å². The SMILES string of the molecule is CCC1O[C@H](OC)C(N=[N+]=[N-])[C@@H](C)[C@@H]1O[C@H]1OC(C)[C@@H](O)[C@H](C)C1OC(=O)c1ccccc1.O=C=O. The Morgan fingerprint density at radius 3 is 2.31 bits per heavy atom. The van der Waals surface area contributed by atoms with Crippen molar-refractivity contribution < 1.29 is 43.2 Å². The summed E-state index contributed by atoms with van der Waals surface area (Å²) < 4.78 is 29.5. The van der Waals surface area contributed by atoms with Crippen molar-refractivity contribution in [1.82, 2.24) is 0 Å². The lowest BCUT2D eigenvalue weighted by Gasteiger charge is -2.47. The van der Waals surface area contributed by atoms with Crippen molar-refractivity contribution in [2.24, 2.45) is 17.0 Å². The molecule has 0 saturated carbocycles. The van der Waals surface area contributed by atoms with Crippen molar-refractivity contribution >= 4 is 12.1 Å². The number of carbonyl (C=O) groups excluding carboxylic acids is 3. The van der Waals surface area contributed by atoms with E-state index in [0.717, 1.165) is 0 Å². The number of carbonyl (C=O) groups is 1. The molecule has 36 heavy (non-hydrogen) atoms. The zero-order valence-electron chi connectivity index (χ0n) is 20.9. The van der Waals surface area contributed by atoms with Crippen LogP contribution < -0.4 is 0 Å². The molecule has 1 N–H and O–H groups in total. The average Bonchev–Trinajstić information content (AvgIpc) is 2.88. The fourth-order valence-electron chi connectivity index (χ4n) is 4.50. The lowest BCUT2D eigenvalue weighted by molar-refractivity contribution is -0.326. The molecule has 198 valence electrons. The second-order valence-corrected chi connectivity index (χ2v) is 8.72. The van der Waals surface area contributed by atoms with Gasteiger partial charge in [-0.1, -0.05) is 44.1 Å². The van der Waals surface area contributed by atoms with E-state index in [2.05, 4.69) is 10.0 Å². The fourth-order valence-corrected chi connectivity index (χ4v) is 4.50. The van der Waals surface area contributed by atoms with Crippen LogP contribution in [0.15, 0.2) is 35.4 Å². The quantitative estimate of drug-likeness (QED) is 0.253. The van der Waals surface area contributed by atoms with Gasteiger partial charge in [-0.25, -0.2) is 4.79 Å². The van der Waals surface area contributed by atoms with Crippen molar-refractivity contribution in [3.8, 4) is 0 Å². The van der Waals surface area contributed by atoms with Crippen molar-refractivity contribution in [3.05, 3.63) is 46.3 Å². The fraction of sp³-hybridized carbons (Fsp3) is 0.667. The Kier molecular flexibility index (Phi) is 11.5. The number of aliphatic hydroxyl groups excluding tert-OH is 1. The Morgan fingerprint density at radius 2 is 1.75 bits per heavy atom. The van der Waals surface area contributed by atoms with E-state index < -0.39 is 54.9 Å². The van der Waals surface area contributed by atoms with Crippen LogP contribution in [0.1, 0.15) is 44.5 Å². The monoisotopic (exact) mass is 507 g/mol. The first-order chi connectivity index (χ1) is 17.2. The molecule has 1 aromatic rings. The summed E-state index contributed by atoms with van der Waals surface area (Å²) in [7, 11) is 1.50. The minimum absolute atomic E-state index is 0.250. The molecule has 0 spiro atoms. The third-order valence-electron chi connectivity index (χ3n) is 6.53. The van der Waals surface area contributed by atoms with Gasteiger partial charge in [-0.2, -0.15) is 9.59 Å². The molecule has 0 aliphatic carbocycles. The van der Waals surface area contributed by atoms with Crippen LogP contribution in [0.3, 0.4) is 0 Å². The number of ether oxygens (including phenoxy) is 5. The molecule has 2 heterocycles. The molecule has 2 aliphatic heterocycles. The van der Waals surface area contributed by atoms with E-state index in [1.807, 2.05) is 19.9 Å². The van der Waals surface area contributed by atoms with Crippen LogP contribution in [-0.4, -0.2) is 73.5 Å². The number of azide groups is 1. The normalized spacial score (nSPS) is 35.8. The van der Waals surface area contributed by atoms with Crippen LogP contribution in [0, 0.1) is 11.8 Å². The maximum absolute atomic E-state index is 12.8. The molecule has 1 aromatic carbocycles. The van der Waals surface area contributed by atoms with Crippen molar-refractivity contribution in [2.45, 2.75) is 83.3 Å². The molecule has 0 bridgehead atoms. The van der Waals surface area contributed by atoms with Gasteiger partial charge in [-0.05, 0) is 36.9 Å². The lowest BCUT2D eigenvalue weighted by atomic mass is 9.87. The summed E-state index contributed by atoms with van der Waals surface area (Å²) in [6.07, 6.45) is -3.87. The highest BCUT2D eigenvalue weighted by Crippen LogP contribution is 2.36.